The van der Waals surface area contributed by atoms with Crippen LogP contribution in [-0.4, -0.2) is 17.0 Å². The Morgan fingerprint density at radius 1 is 1.44 bits per heavy atom. The number of esters is 1. The number of benzene rings is 1. The zero-order valence-corrected chi connectivity index (χ0v) is 10.3. The number of carboxylic acids is 1. The summed E-state index contributed by atoms with van der Waals surface area (Å²) in [6, 6.07) is 4.48. The minimum absolute atomic E-state index is 0.194. The molecule has 0 aliphatic heterocycles. The lowest BCUT2D eigenvalue weighted by atomic mass is 10.0. The number of carboxylic acid groups (broad SMARTS) is 1. The van der Waals surface area contributed by atoms with Crippen molar-refractivity contribution in [3.63, 3.8) is 0 Å². The molecule has 0 unspecified atom stereocenters. The molecule has 0 bridgehead atoms. The Kier molecular flexibility index (Phi) is 5.11. The third kappa shape index (κ3) is 3.73. The molecule has 0 atom stereocenters. The van der Waals surface area contributed by atoms with Crippen LogP contribution >= 0.6 is 0 Å². The number of aromatic carboxylic acids is 1. The Hall–Kier alpha value is -2.10. The first-order chi connectivity index (χ1) is 8.58. The maximum atomic E-state index is 11.2. The molecular formula is C14H16O4. The normalized spacial score (nSPS) is 9.83. The summed E-state index contributed by atoms with van der Waals surface area (Å²) in [6.07, 6.45) is 3.64. The summed E-state index contributed by atoms with van der Waals surface area (Å²) in [6.45, 7) is 5.36. The lowest BCUT2D eigenvalue weighted by Gasteiger charge is -2.09. The van der Waals surface area contributed by atoms with E-state index in [9.17, 15) is 9.59 Å². The van der Waals surface area contributed by atoms with Crippen LogP contribution in [0.1, 0.15) is 35.7 Å². The van der Waals surface area contributed by atoms with E-state index in [0.717, 1.165) is 24.5 Å². The van der Waals surface area contributed by atoms with Crippen LogP contribution in [0, 0.1) is 0 Å². The highest BCUT2D eigenvalue weighted by Crippen LogP contribution is 2.22. The van der Waals surface area contributed by atoms with Gasteiger partial charge in [0.2, 0.25) is 0 Å². The van der Waals surface area contributed by atoms with Crippen LogP contribution in [0.15, 0.2) is 30.9 Å². The van der Waals surface area contributed by atoms with Gasteiger partial charge in [0.05, 0.1) is 5.56 Å². The minimum atomic E-state index is -0.991. The Labute approximate surface area is 106 Å². The lowest BCUT2D eigenvalue weighted by Crippen LogP contribution is -2.07. The Morgan fingerprint density at radius 3 is 2.72 bits per heavy atom. The van der Waals surface area contributed by atoms with Crippen LogP contribution in [0.4, 0.5) is 0 Å². The summed E-state index contributed by atoms with van der Waals surface area (Å²) >= 11 is 0. The summed E-state index contributed by atoms with van der Waals surface area (Å²) in [4.78, 5) is 22.1. The summed E-state index contributed by atoms with van der Waals surface area (Å²) in [5.41, 5.74) is 0.923. The second kappa shape index (κ2) is 6.59. The molecule has 0 radical (unpaired) electrons. The fourth-order valence-electron chi connectivity index (χ4n) is 1.52. The molecule has 0 saturated heterocycles. The molecule has 4 heteroatoms. The van der Waals surface area contributed by atoms with Gasteiger partial charge in [-0.3, -0.25) is 0 Å². The largest absolute Gasteiger partial charge is 0.478 e. The number of carbonyl (C=O) groups excluding carboxylic acids is 1. The summed E-state index contributed by atoms with van der Waals surface area (Å²) in [5.74, 6) is -1.14. The molecule has 96 valence electrons. The molecule has 1 aromatic rings. The van der Waals surface area contributed by atoms with Crippen molar-refractivity contribution in [1.29, 1.82) is 0 Å². The predicted molar refractivity (Wildman–Crippen MR) is 67.8 cm³/mol. The average Bonchev–Trinajstić information content (AvgIpc) is 2.37. The second-order valence-corrected chi connectivity index (χ2v) is 3.86. The SMILES string of the molecule is C=CC(=O)Oc1ccc(C(=O)O)cc1CCCC. The second-order valence-electron chi connectivity index (χ2n) is 3.86. The van der Waals surface area contributed by atoms with E-state index in [-0.39, 0.29) is 5.56 Å². The summed E-state index contributed by atoms with van der Waals surface area (Å²) < 4.78 is 5.08. The average molecular weight is 248 g/mol. The summed E-state index contributed by atoms with van der Waals surface area (Å²) in [7, 11) is 0. The van der Waals surface area contributed by atoms with Gasteiger partial charge in [-0.1, -0.05) is 19.9 Å². The number of rotatable bonds is 6. The van der Waals surface area contributed by atoms with Gasteiger partial charge >= 0.3 is 11.9 Å². The summed E-state index contributed by atoms with van der Waals surface area (Å²) in [5, 5.41) is 8.93. The third-order valence-electron chi connectivity index (χ3n) is 2.48. The van der Waals surface area contributed by atoms with Crippen molar-refractivity contribution < 1.29 is 19.4 Å². The predicted octanol–water partition coefficient (Wildman–Crippen LogP) is 2.82. The van der Waals surface area contributed by atoms with E-state index in [1.54, 1.807) is 6.07 Å². The Bertz CT molecular complexity index is 463. The maximum Gasteiger partial charge on any atom is 0.335 e. The molecule has 4 nitrogen and oxygen atoms in total. The first-order valence-electron chi connectivity index (χ1n) is 5.79. The van der Waals surface area contributed by atoms with Crippen molar-refractivity contribution in [1.82, 2.24) is 0 Å². The maximum absolute atomic E-state index is 11.2. The van der Waals surface area contributed by atoms with Gasteiger partial charge in [0, 0.05) is 6.08 Å². The highest BCUT2D eigenvalue weighted by molar-refractivity contribution is 5.88. The number of aryl methyl sites for hydroxylation is 1. The molecule has 0 amide bonds. The Morgan fingerprint density at radius 2 is 2.17 bits per heavy atom. The molecule has 1 aromatic carbocycles. The topological polar surface area (TPSA) is 63.6 Å². The molecule has 0 spiro atoms. The van der Waals surface area contributed by atoms with Crippen molar-refractivity contribution >= 4 is 11.9 Å². The number of hydrogen-bond donors (Lipinski definition) is 1. The smallest absolute Gasteiger partial charge is 0.335 e. The molecule has 0 fully saturated rings. The van der Waals surface area contributed by atoms with Crippen LogP contribution in [0.2, 0.25) is 0 Å². The number of unbranched alkanes of at least 4 members (excludes halogenated alkanes) is 1. The van der Waals surface area contributed by atoms with E-state index in [4.69, 9.17) is 9.84 Å². The van der Waals surface area contributed by atoms with E-state index in [1.165, 1.54) is 12.1 Å². The molecule has 0 aromatic heterocycles. The van der Waals surface area contributed by atoms with Crippen LogP contribution in [-0.2, 0) is 11.2 Å². The van der Waals surface area contributed by atoms with Gasteiger partial charge in [0.15, 0.2) is 0 Å². The van der Waals surface area contributed by atoms with Crippen molar-refractivity contribution in [2.24, 2.45) is 0 Å². The van der Waals surface area contributed by atoms with E-state index >= 15 is 0 Å². The zero-order valence-electron chi connectivity index (χ0n) is 10.3. The zero-order chi connectivity index (χ0) is 13.5. The van der Waals surface area contributed by atoms with E-state index in [2.05, 4.69) is 6.58 Å². The molecule has 1 N–H and O–H groups in total. The van der Waals surface area contributed by atoms with Crippen molar-refractivity contribution in [2.75, 3.05) is 0 Å². The number of carbonyl (C=O) groups is 2. The monoisotopic (exact) mass is 248 g/mol. The van der Waals surface area contributed by atoms with Gasteiger partial charge in [0.1, 0.15) is 5.75 Å². The van der Waals surface area contributed by atoms with Crippen LogP contribution < -0.4 is 4.74 Å². The fourth-order valence-corrected chi connectivity index (χ4v) is 1.52. The molecular weight excluding hydrogens is 232 g/mol. The fraction of sp³-hybridized carbons (Fsp3) is 0.286. The van der Waals surface area contributed by atoms with Crippen molar-refractivity contribution in [2.45, 2.75) is 26.2 Å². The van der Waals surface area contributed by atoms with Crippen molar-refractivity contribution in [3.8, 4) is 5.75 Å². The first-order valence-corrected chi connectivity index (χ1v) is 5.79. The van der Waals surface area contributed by atoms with Gasteiger partial charge in [-0.05, 0) is 36.6 Å². The highest BCUT2D eigenvalue weighted by atomic mass is 16.5. The molecule has 1 rings (SSSR count). The number of ether oxygens (including phenoxy) is 1. The van der Waals surface area contributed by atoms with Gasteiger partial charge in [-0.2, -0.15) is 0 Å². The Balaban J connectivity index is 3.03. The lowest BCUT2D eigenvalue weighted by molar-refractivity contribution is -0.129. The third-order valence-corrected chi connectivity index (χ3v) is 2.48. The van der Waals surface area contributed by atoms with Crippen LogP contribution in [0.25, 0.3) is 0 Å². The highest BCUT2D eigenvalue weighted by Gasteiger charge is 2.11. The molecule has 0 aliphatic carbocycles. The quantitative estimate of drug-likeness (QED) is 0.477. The van der Waals surface area contributed by atoms with Crippen molar-refractivity contribution in [3.05, 3.63) is 42.0 Å². The van der Waals surface area contributed by atoms with E-state index in [1.807, 2.05) is 6.92 Å². The first kappa shape index (κ1) is 14.0. The van der Waals surface area contributed by atoms with Gasteiger partial charge < -0.3 is 9.84 Å². The molecule has 18 heavy (non-hydrogen) atoms. The standard InChI is InChI=1S/C14H16O4/c1-3-5-6-10-9-11(14(16)17)7-8-12(10)18-13(15)4-2/h4,7-9H,2-3,5-6H2,1H3,(H,16,17). The number of hydrogen-bond acceptors (Lipinski definition) is 3. The minimum Gasteiger partial charge on any atom is -0.478 e. The van der Waals surface area contributed by atoms with Crippen LogP contribution in [0.5, 0.6) is 5.75 Å². The van der Waals surface area contributed by atoms with E-state index < -0.39 is 11.9 Å². The molecule has 0 heterocycles. The van der Waals surface area contributed by atoms with Gasteiger partial charge in [0.25, 0.3) is 0 Å². The van der Waals surface area contributed by atoms with E-state index in [0.29, 0.717) is 12.2 Å². The molecule has 0 aliphatic rings. The van der Waals surface area contributed by atoms with Gasteiger partial charge in [-0.15, -0.1) is 0 Å². The molecule has 0 saturated carbocycles. The van der Waals surface area contributed by atoms with Crippen LogP contribution in [0.3, 0.4) is 0 Å². The van der Waals surface area contributed by atoms with Gasteiger partial charge in [-0.25, -0.2) is 9.59 Å².